The molecular weight excluding hydrogens is 266 g/mol. The number of carboxylic acid groups (broad SMARTS) is 1. The van der Waals surface area contributed by atoms with Crippen molar-refractivity contribution in [2.45, 2.75) is 24.9 Å². The molecule has 1 atom stereocenters. The number of aliphatic hydroxyl groups is 1. The number of aliphatic hydroxyl groups excluding tert-OH is 1. The number of aromatic nitrogens is 1. The lowest BCUT2D eigenvalue weighted by Gasteiger charge is -2.07. The van der Waals surface area contributed by atoms with Gasteiger partial charge in [0.2, 0.25) is 0 Å². The van der Waals surface area contributed by atoms with Crippen LogP contribution in [-0.4, -0.2) is 21.2 Å². The molecule has 1 aromatic carbocycles. The van der Waals surface area contributed by atoms with Crippen LogP contribution < -0.4 is 0 Å². The Morgan fingerprint density at radius 1 is 1.19 bits per heavy atom. The quantitative estimate of drug-likeness (QED) is 0.809. The molecule has 2 aliphatic rings. The number of rotatable bonds is 3. The summed E-state index contributed by atoms with van der Waals surface area (Å²) < 4.78 is 0. The Morgan fingerprint density at radius 2 is 1.95 bits per heavy atom. The molecule has 2 aromatic rings. The van der Waals surface area contributed by atoms with Crippen LogP contribution in [0.25, 0.3) is 5.57 Å². The third kappa shape index (κ3) is 1.83. The number of H-pyrrole nitrogens is 1. The number of carbonyl (C=O) groups is 1. The highest BCUT2D eigenvalue weighted by atomic mass is 16.4. The van der Waals surface area contributed by atoms with Gasteiger partial charge in [-0.25, -0.2) is 4.79 Å². The van der Waals surface area contributed by atoms with Crippen molar-refractivity contribution in [2.24, 2.45) is 0 Å². The Kier molecular flexibility index (Phi) is 2.56. The van der Waals surface area contributed by atoms with Crippen molar-refractivity contribution in [3.63, 3.8) is 0 Å². The van der Waals surface area contributed by atoms with Crippen LogP contribution in [0.2, 0.25) is 0 Å². The van der Waals surface area contributed by atoms with Crippen LogP contribution in [0.15, 0.2) is 36.5 Å². The molecule has 0 amide bonds. The van der Waals surface area contributed by atoms with Crippen LogP contribution >= 0.6 is 0 Å². The van der Waals surface area contributed by atoms with Gasteiger partial charge in [0.1, 0.15) is 5.69 Å². The van der Waals surface area contributed by atoms with Gasteiger partial charge in [0.25, 0.3) is 0 Å². The Morgan fingerprint density at radius 3 is 2.67 bits per heavy atom. The van der Waals surface area contributed by atoms with Gasteiger partial charge >= 0.3 is 5.97 Å². The summed E-state index contributed by atoms with van der Waals surface area (Å²) in [6, 6.07) is 7.72. The van der Waals surface area contributed by atoms with Crippen LogP contribution in [0, 0.1) is 0 Å². The molecule has 0 bridgehead atoms. The average molecular weight is 281 g/mol. The predicted octanol–water partition coefficient (Wildman–Crippen LogP) is 3.07. The van der Waals surface area contributed by atoms with Crippen LogP contribution in [0.1, 0.15) is 57.6 Å². The van der Waals surface area contributed by atoms with Gasteiger partial charge in [-0.05, 0) is 47.1 Å². The third-order valence-electron chi connectivity index (χ3n) is 4.30. The van der Waals surface area contributed by atoms with Crippen molar-refractivity contribution in [3.05, 3.63) is 64.5 Å². The first kappa shape index (κ1) is 12.4. The Bertz CT molecular complexity index is 768. The molecule has 4 nitrogen and oxygen atoms in total. The normalized spacial score (nSPS) is 20.2. The molecule has 3 N–H and O–H groups in total. The molecule has 4 rings (SSSR count). The smallest absolute Gasteiger partial charge is 0.352 e. The van der Waals surface area contributed by atoms with E-state index in [0.29, 0.717) is 5.92 Å². The summed E-state index contributed by atoms with van der Waals surface area (Å²) in [5.41, 5.74) is 4.89. The van der Waals surface area contributed by atoms with Crippen molar-refractivity contribution >= 4 is 11.5 Å². The second kappa shape index (κ2) is 4.33. The summed E-state index contributed by atoms with van der Waals surface area (Å²) in [5.74, 6) is -0.598. The lowest BCUT2D eigenvalue weighted by atomic mass is 9.95. The van der Waals surface area contributed by atoms with Gasteiger partial charge in [0.05, 0.1) is 6.10 Å². The highest BCUT2D eigenvalue weighted by molar-refractivity contribution is 5.94. The van der Waals surface area contributed by atoms with Gasteiger partial charge in [-0.15, -0.1) is 0 Å². The van der Waals surface area contributed by atoms with Gasteiger partial charge in [-0.2, -0.15) is 0 Å². The van der Waals surface area contributed by atoms with Crippen molar-refractivity contribution in [2.75, 3.05) is 0 Å². The summed E-state index contributed by atoms with van der Waals surface area (Å²) in [6.45, 7) is 0. The lowest BCUT2D eigenvalue weighted by Crippen LogP contribution is -2.01. The molecule has 1 saturated carbocycles. The number of hydrogen-bond acceptors (Lipinski definition) is 2. The minimum Gasteiger partial charge on any atom is -0.477 e. The number of aromatic amines is 1. The SMILES string of the molecule is O=C(O)c1[nH]cc(C2=CC(O)c3ccccc32)c1C1CC1. The Labute approximate surface area is 121 Å². The second-order valence-corrected chi connectivity index (χ2v) is 5.68. The van der Waals surface area contributed by atoms with E-state index in [-0.39, 0.29) is 5.69 Å². The van der Waals surface area contributed by atoms with Gasteiger partial charge < -0.3 is 15.2 Å². The topological polar surface area (TPSA) is 73.3 Å². The molecule has 0 radical (unpaired) electrons. The number of aromatic carboxylic acids is 1. The predicted molar refractivity (Wildman–Crippen MR) is 78.2 cm³/mol. The molecule has 21 heavy (non-hydrogen) atoms. The standard InChI is InChI=1S/C17H15NO3/c19-14-7-12(10-3-1-2-4-11(10)14)13-8-18-16(17(20)21)15(13)9-5-6-9/h1-4,7-9,14,18-19H,5-6H2,(H,20,21). The molecule has 0 spiro atoms. The summed E-state index contributed by atoms with van der Waals surface area (Å²) >= 11 is 0. The van der Waals surface area contributed by atoms with E-state index in [0.717, 1.165) is 40.7 Å². The molecular formula is C17H15NO3. The molecule has 0 saturated heterocycles. The van der Waals surface area contributed by atoms with E-state index in [9.17, 15) is 15.0 Å². The van der Waals surface area contributed by atoms with E-state index in [4.69, 9.17) is 0 Å². The number of benzene rings is 1. The fourth-order valence-electron chi connectivity index (χ4n) is 3.20. The van der Waals surface area contributed by atoms with Crippen molar-refractivity contribution < 1.29 is 15.0 Å². The van der Waals surface area contributed by atoms with E-state index in [1.165, 1.54) is 0 Å². The van der Waals surface area contributed by atoms with E-state index in [2.05, 4.69) is 4.98 Å². The molecule has 1 heterocycles. The molecule has 0 aliphatic heterocycles. The first-order valence-electron chi connectivity index (χ1n) is 7.11. The van der Waals surface area contributed by atoms with Crippen molar-refractivity contribution in [3.8, 4) is 0 Å². The molecule has 2 aliphatic carbocycles. The Hall–Kier alpha value is -2.33. The van der Waals surface area contributed by atoms with Crippen LogP contribution in [0.4, 0.5) is 0 Å². The van der Waals surface area contributed by atoms with Crippen molar-refractivity contribution in [1.29, 1.82) is 0 Å². The van der Waals surface area contributed by atoms with E-state index >= 15 is 0 Å². The van der Waals surface area contributed by atoms with Crippen LogP contribution in [-0.2, 0) is 0 Å². The van der Waals surface area contributed by atoms with Crippen LogP contribution in [0.5, 0.6) is 0 Å². The molecule has 4 heteroatoms. The molecule has 1 aromatic heterocycles. The number of nitrogens with one attached hydrogen (secondary N) is 1. The second-order valence-electron chi connectivity index (χ2n) is 5.68. The molecule has 106 valence electrons. The maximum Gasteiger partial charge on any atom is 0.352 e. The van der Waals surface area contributed by atoms with Gasteiger partial charge in [-0.1, -0.05) is 24.3 Å². The zero-order chi connectivity index (χ0) is 14.6. The summed E-state index contributed by atoms with van der Waals surface area (Å²) in [4.78, 5) is 14.3. The zero-order valence-corrected chi connectivity index (χ0v) is 11.3. The fourth-order valence-corrected chi connectivity index (χ4v) is 3.20. The van der Waals surface area contributed by atoms with Gasteiger partial charge in [0, 0.05) is 11.8 Å². The number of hydrogen-bond donors (Lipinski definition) is 3. The van der Waals surface area contributed by atoms with E-state index in [1.807, 2.05) is 30.3 Å². The minimum absolute atomic E-state index is 0.285. The van der Waals surface area contributed by atoms with E-state index < -0.39 is 12.1 Å². The highest BCUT2D eigenvalue weighted by Gasteiger charge is 2.34. The summed E-state index contributed by atoms with van der Waals surface area (Å²) in [5, 5.41) is 19.5. The zero-order valence-electron chi connectivity index (χ0n) is 11.3. The third-order valence-corrected chi connectivity index (χ3v) is 4.30. The monoisotopic (exact) mass is 281 g/mol. The first-order valence-corrected chi connectivity index (χ1v) is 7.11. The summed E-state index contributed by atoms with van der Waals surface area (Å²) in [6.07, 6.45) is 5.01. The van der Waals surface area contributed by atoms with E-state index in [1.54, 1.807) is 6.20 Å². The van der Waals surface area contributed by atoms with Gasteiger partial charge in [-0.3, -0.25) is 0 Å². The van der Waals surface area contributed by atoms with Crippen LogP contribution in [0.3, 0.4) is 0 Å². The maximum absolute atomic E-state index is 11.4. The molecule has 1 fully saturated rings. The Balaban J connectivity index is 1.89. The van der Waals surface area contributed by atoms with Gasteiger partial charge in [0.15, 0.2) is 0 Å². The number of fused-ring (bicyclic) bond motifs is 1. The average Bonchev–Trinajstić information content (AvgIpc) is 3.13. The first-order chi connectivity index (χ1) is 10.2. The lowest BCUT2D eigenvalue weighted by molar-refractivity contribution is 0.0690. The summed E-state index contributed by atoms with van der Waals surface area (Å²) in [7, 11) is 0. The number of carboxylic acids is 1. The highest BCUT2D eigenvalue weighted by Crippen LogP contribution is 2.48. The fraction of sp³-hybridized carbons (Fsp3) is 0.235. The minimum atomic E-state index is -0.921. The largest absolute Gasteiger partial charge is 0.477 e. The van der Waals surface area contributed by atoms with Crippen molar-refractivity contribution in [1.82, 2.24) is 4.98 Å². The molecule has 1 unspecified atom stereocenters. The maximum atomic E-state index is 11.4.